The van der Waals surface area contributed by atoms with Crippen LogP contribution in [0, 0.1) is 19.8 Å². The van der Waals surface area contributed by atoms with Crippen LogP contribution in [-0.2, 0) is 20.6 Å². The zero-order chi connectivity index (χ0) is 23.3. The molecule has 1 N–H and O–H groups in total. The summed E-state index contributed by atoms with van der Waals surface area (Å²) in [6.45, 7) is 6.75. The van der Waals surface area contributed by atoms with E-state index in [9.17, 15) is 13.2 Å². The molecule has 7 heteroatoms. The summed E-state index contributed by atoms with van der Waals surface area (Å²) >= 11 is 0. The number of nitrogens with one attached hydrogen (secondary N) is 1. The Morgan fingerprint density at radius 2 is 1.88 bits per heavy atom. The summed E-state index contributed by atoms with van der Waals surface area (Å²) in [6.07, 6.45) is 1.86. The second-order valence-electron chi connectivity index (χ2n) is 8.62. The van der Waals surface area contributed by atoms with E-state index in [-0.39, 0.29) is 23.6 Å². The van der Waals surface area contributed by atoms with Crippen LogP contribution in [0.4, 0.5) is 0 Å². The monoisotopic (exact) mass is 458 g/mol. The fourth-order valence-corrected chi connectivity index (χ4v) is 5.88. The number of methoxy groups -OCH3 is 1. The third-order valence-electron chi connectivity index (χ3n) is 6.20. The molecule has 32 heavy (non-hydrogen) atoms. The zero-order valence-electron chi connectivity index (χ0n) is 19.4. The van der Waals surface area contributed by atoms with Gasteiger partial charge in [-0.1, -0.05) is 48.9 Å². The summed E-state index contributed by atoms with van der Waals surface area (Å²) in [5.74, 6) is 0.657. The molecule has 0 radical (unpaired) electrons. The minimum absolute atomic E-state index is 0.000270. The van der Waals surface area contributed by atoms with Gasteiger partial charge in [-0.05, 0) is 55.9 Å². The minimum Gasteiger partial charge on any atom is -0.496 e. The van der Waals surface area contributed by atoms with E-state index >= 15 is 0 Å². The molecule has 0 saturated carbocycles. The summed E-state index contributed by atoms with van der Waals surface area (Å²) < 4.78 is 32.6. The molecule has 1 amide bonds. The van der Waals surface area contributed by atoms with E-state index < -0.39 is 10.0 Å². The third kappa shape index (κ3) is 5.90. The second kappa shape index (κ2) is 10.5. The average molecular weight is 459 g/mol. The Labute approximate surface area is 192 Å². The van der Waals surface area contributed by atoms with Crippen LogP contribution in [0.15, 0.2) is 42.5 Å². The lowest BCUT2D eigenvalue weighted by molar-refractivity contribution is -0.126. The van der Waals surface area contributed by atoms with Crippen LogP contribution in [0.25, 0.3) is 0 Å². The first-order chi connectivity index (χ1) is 15.2. The Balaban J connectivity index is 1.58. The largest absolute Gasteiger partial charge is 0.496 e. The van der Waals surface area contributed by atoms with Crippen molar-refractivity contribution >= 4 is 15.9 Å². The molecule has 2 aromatic rings. The van der Waals surface area contributed by atoms with Crippen molar-refractivity contribution in [2.75, 3.05) is 20.2 Å². The number of nitrogens with zero attached hydrogens (tertiary/aromatic N) is 1. The normalized spacial score (nSPS) is 16.5. The maximum absolute atomic E-state index is 12.9. The number of benzene rings is 2. The van der Waals surface area contributed by atoms with Gasteiger partial charge in [0.05, 0.1) is 18.9 Å². The lowest BCUT2D eigenvalue weighted by Gasteiger charge is -2.31. The zero-order valence-corrected chi connectivity index (χ0v) is 20.2. The van der Waals surface area contributed by atoms with Crippen LogP contribution < -0.4 is 10.1 Å². The second-order valence-corrected chi connectivity index (χ2v) is 10.6. The molecule has 1 saturated heterocycles. The molecular weight excluding hydrogens is 424 g/mol. The lowest BCUT2D eigenvalue weighted by Crippen LogP contribution is -2.44. The van der Waals surface area contributed by atoms with Crippen molar-refractivity contribution in [3.63, 3.8) is 0 Å². The van der Waals surface area contributed by atoms with Gasteiger partial charge < -0.3 is 10.1 Å². The minimum atomic E-state index is -3.39. The molecule has 1 unspecified atom stereocenters. The standard InChI is InChI=1S/C25H34N2O4S/c1-5-23(22-9-10-24(31-4)19(3)16-22)26-25(28)21-11-13-27(14-12-21)32(29,30)17-20-8-6-7-18(2)15-20/h6-10,15-16,21,23H,5,11-14,17H2,1-4H3,(H,26,28). The predicted molar refractivity (Wildman–Crippen MR) is 127 cm³/mol. The van der Waals surface area contributed by atoms with Crippen molar-refractivity contribution in [1.82, 2.24) is 9.62 Å². The van der Waals surface area contributed by atoms with Gasteiger partial charge in [0.15, 0.2) is 0 Å². The number of ether oxygens (including phenoxy) is 1. The maximum Gasteiger partial charge on any atom is 0.223 e. The Hall–Kier alpha value is -2.38. The smallest absolute Gasteiger partial charge is 0.223 e. The van der Waals surface area contributed by atoms with Gasteiger partial charge in [0.1, 0.15) is 5.75 Å². The van der Waals surface area contributed by atoms with Gasteiger partial charge in [0.25, 0.3) is 0 Å². The van der Waals surface area contributed by atoms with Gasteiger partial charge in [-0.25, -0.2) is 12.7 Å². The maximum atomic E-state index is 12.9. The van der Waals surface area contributed by atoms with E-state index in [1.807, 2.05) is 63.2 Å². The molecule has 174 valence electrons. The number of hydrogen-bond donors (Lipinski definition) is 1. The highest BCUT2D eigenvalue weighted by molar-refractivity contribution is 7.88. The average Bonchev–Trinajstić information content (AvgIpc) is 2.77. The van der Waals surface area contributed by atoms with Gasteiger partial charge in [0, 0.05) is 19.0 Å². The number of aryl methyl sites for hydroxylation is 2. The molecule has 0 bridgehead atoms. The Bertz CT molecular complexity index is 1040. The highest BCUT2D eigenvalue weighted by Gasteiger charge is 2.32. The molecule has 1 aliphatic rings. The predicted octanol–water partition coefficient (Wildman–Crippen LogP) is 4.12. The number of amides is 1. The van der Waals surface area contributed by atoms with Crippen LogP contribution >= 0.6 is 0 Å². The number of carbonyl (C=O) groups is 1. The highest BCUT2D eigenvalue weighted by atomic mass is 32.2. The number of piperidine rings is 1. The van der Waals surface area contributed by atoms with E-state index in [4.69, 9.17) is 4.74 Å². The van der Waals surface area contributed by atoms with Crippen LogP contribution in [0.1, 0.15) is 54.5 Å². The van der Waals surface area contributed by atoms with E-state index in [1.54, 1.807) is 7.11 Å². The first kappa shape index (κ1) is 24.3. The van der Waals surface area contributed by atoms with Gasteiger partial charge in [-0.2, -0.15) is 0 Å². The first-order valence-electron chi connectivity index (χ1n) is 11.2. The molecular formula is C25H34N2O4S. The quantitative estimate of drug-likeness (QED) is 0.646. The molecule has 1 heterocycles. The molecule has 1 aliphatic heterocycles. The van der Waals surface area contributed by atoms with Crippen LogP contribution in [-0.4, -0.2) is 38.8 Å². The number of sulfonamides is 1. The van der Waals surface area contributed by atoms with E-state index in [1.165, 1.54) is 4.31 Å². The Morgan fingerprint density at radius 1 is 1.16 bits per heavy atom. The van der Waals surface area contributed by atoms with Crippen LogP contribution in [0.3, 0.4) is 0 Å². The van der Waals surface area contributed by atoms with Crippen LogP contribution in [0.5, 0.6) is 5.75 Å². The van der Waals surface area contributed by atoms with Crippen molar-refractivity contribution < 1.29 is 17.9 Å². The third-order valence-corrected chi connectivity index (χ3v) is 8.05. The van der Waals surface area contributed by atoms with E-state index in [2.05, 4.69) is 5.32 Å². The topological polar surface area (TPSA) is 75.7 Å². The highest BCUT2D eigenvalue weighted by Crippen LogP contribution is 2.26. The molecule has 3 rings (SSSR count). The first-order valence-corrected chi connectivity index (χ1v) is 12.8. The number of carbonyl (C=O) groups excluding carboxylic acids is 1. The van der Waals surface area contributed by atoms with Crippen LogP contribution in [0.2, 0.25) is 0 Å². The molecule has 1 fully saturated rings. The Morgan fingerprint density at radius 3 is 2.47 bits per heavy atom. The fraction of sp³-hybridized carbons (Fsp3) is 0.480. The van der Waals surface area contributed by atoms with E-state index in [0.717, 1.165) is 34.4 Å². The van der Waals surface area contributed by atoms with Gasteiger partial charge in [-0.3, -0.25) is 4.79 Å². The van der Waals surface area contributed by atoms with Crippen molar-refractivity contribution in [2.45, 2.75) is 51.8 Å². The van der Waals surface area contributed by atoms with Gasteiger partial charge in [0.2, 0.25) is 15.9 Å². The summed E-state index contributed by atoms with van der Waals surface area (Å²) in [6, 6.07) is 13.5. The summed E-state index contributed by atoms with van der Waals surface area (Å²) in [5, 5.41) is 3.17. The van der Waals surface area contributed by atoms with E-state index in [0.29, 0.717) is 25.9 Å². The molecule has 0 aliphatic carbocycles. The summed E-state index contributed by atoms with van der Waals surface area (Å²) in [7, 11) is -1.75. The Kier molecular flexibility index (Phi) is 7.96. The lowest BCUT2D eigenvalue weighted by atomic mass is 9.95. The van der Waals surface area contributed by atoms with Gasteiger partial charge in [-0.15, -0.1) is 0 Å². The van der Waals surface area contributed by atoms with Gasteiger partial charge >= 0.3 is 0 Å². The van der Waals surface area contributed by atoms with Crippen molar-refractivity contribution in [3.8, 4) is 5.75 Å². The fourth-order valence-electron chi connectivity index (χ4n) is 4.33. The summed E-state index contributed by atoms with van der Waals surface area (Å²) in [5.41, 5.74) is 3.93. The molecule has 6 nitrogen and oxygen atoms in total. The number of rotatable bonds is 8. The molecule has 0 aromatic heterocycles. The van der Waals surface area contributed by atoms with Crippen molar-refractivity contribution in [3.05, 3.63) is 64.7 Å². The molecule has 0 spiro atoms. The number of hydrogen-bond acceptors (Lipinski definition) is 4. The SMILES string of the molecule is CCC(NC(=O)C1CCN(S(=O)(=O)Cc2cccc(C)c2)CC1)c1ccc(OC)c(C)c1. The van der Waals surface area contributed by atoms with Crippen molar-refractivity contribution in [1.29, 1.82) is 0 Å². The summed E-state index contributed by atoms with van der Waals surface area (Å²) in [4.78, 5) is 12.9. The van der Waals surface area contributed by atoms with Crippen molar-refractivity contribution in [2.24, 2.45) is 5.92 Å². The molecule has 1 atom stereocenters. The molecule has 2 aromatic carbocycles.